The van der Waals surface area contributed by atoms with E-state index in [4.69, 9.17) is 0 Å². The number of hydrogen-bond acceptors (Lipinski definition) is 2. The summed E-state index contributed by atoms with van der Waals surface area (Å²) in [5.74, 6) is 0.560. The lowest BCUT2D eigenvalue weighted by molar-refractivity contribution is -0.139. The number of rotatable bonds is 6. The van der Waals surface area contributed by atoms with E-state index in [1.165, 1.54) is 19.8 Å². The minimum atomic E-state index is -4.14. The molecule has 2 atom stereocenters. The summed E-state index contributed by atoms with van der Waals surface area (Å²) in [4.78, 5) is 0. The van der Waals surface area contributed by atoms with Gasteiger partial charge >= 0.3 is 6.18 Å². The Morgan fingerprint density at radius 1 is 1.29 bits per heavy atom. The van der Waals surface area contributed by atoms with Gasteiger partial charge in [-0.15, -0.1) is 0 Å². The number of halogens is 3. The molecule has 1 rings (SSSR count). The van der Waals surface area contributed by atoms with Gasteiger partial charge in [0.25, 0.3) is 0 Å². The molecule has 2 N–H and O–H groups in total. The molecule has 17 heavy (non-hydrogen) atoms. The Balaban J connectivity index is 2.11. The van der Waals surface area contributed by atoms with Crippen molar-refractivity contribution >= 4 is 0 Å². The van der Waals surface area contributed by atoms with Gasteiger partial charge in [0.1, 0.15) is 0 Å². The second-order valence-corrected chi connectivity index (χ2v) is 5.17. The highest BCUT2D eigenvalue weighted by molar-refractivity contribution is 4.74. The Hall–Kier alpha value is -0.290. The Bertz CT molecular complexity index is 214. The molecule has 5 heteroatoms. The van der Waals surface area contributed by atoms with Crippen LogP contribution in [0.3, 0.4) is 0 Å². The molecule has 0 aliphatic heterocycles. The fourth-order valence-corrected chi connectivity index (χ4v) is 2.47. The molecule has 1 saturated carbocycles. The van der Waals surface area contributed by atoms with Crippen molar-refractivity contribution in [2.45, 2.75) is 63.8 Å². The van der Waals surface area contributed by atoms with E-state index < -0.39 is 24.7 Å². The monoisotopic (exact) mass is 253 g/mol. The standard InChI is InChI=1S/C12H22F3NO/c1-9(7-12(13,14)15)16-8-11(17)6-10-4-2-3-5-10/h9-11,16-17H,2-8H2,1H3. The SMILES string of the molecule is CC(CC(F)(F)F)NCC(O)CC1CCCC1. The van der Waals surface area contributed by atoms with E-state index in [0.29, 0.717) is 12.3 Å². The first-order valence-electron chi connectivity index (χ1n) is 6.35. The first-order valence-corrected chi connectivity index (χ1v) is 6.35. The quantitative estimate of drug-likeness (QED) is 0.763. The van der Waals surface area contributed by atoms with Crippen LogP contribution in [-0.4, -0.2) is 30.0 Å². The van der Waals surface area contributed by atoms with Gasteiger partial charge in [-0.2, -0.15) is 13.2 Å². The zero-order valence-electron chi connectivity index (χ0n) is 10.3. The lowest BCUT2D eigenvalue weighted by Gasteiger charge is -2.20. The number of nitrogens with one attached hydrogen (secondary N) is 1. The van der Waals surface area contributed by atoms with Crippen LogP contribution in [0.4, 0.5) is 13.2 Å². The van der Waals surface area contributed by atoms with Crippen LogP contribution in [0.25, 0.3) is 0 Å². The maximum atomic E-state index is 12.1. The van der Waals surface area contributed by atoms with E-state index in [1.807, 2.05) is 0 Å². The summed E-state index contributed by atoms with van der Waals surface area (Å²) >= 11 is 0. The first-order chi connectivity index (χ1) is 7.87. The van der Waals surface area contributed by atoms with Gasteiger partial charge in [-0.25, -0.2) is 0 Å². The van der Waals surface area contributed by atoms with Crippen LogP contribution < -0.4 is 5.32 Å². The maximum absolute atomic E-state index is 12.1. The van der Waals surface area contributed by atoms with Crippen molar-refractivity contribution in [3.05, 3.63) is 0 Å². The topological polar surface area (TPSA) is 32.3 Å². The molecule has 1 aliphatic rings. The van der Waals surface area contributed by atoms with Gasteiger partial charge in [-0.1, -0.05) is 25.7 Å². The van der Waals surface area contributed by atoms with Crippen LogP contribution >= 0.6 is 0 Å². The highest BCUT2D eigenvalue weighted by atomic mass is 19.4. The molecule has 0 bridgehead atoms. The number of aliphatic hydroxyl groups is 1. The molecule has 0 saturated heterocycles. The molecule has 0 aromatic carbocycles. The van der Waals surface area contributed by atoms with Crippen LogP contribution in [-0.2, 0) is 0 Å². The predicted octanol–water partition coefficient (Wildman–Crippen LogP) is 2.86. The summed E-state index contributed by atoms with van der Waals surface area (Å²) < 4.78 is 36.2. The Morgan fingerprint density at radius 2 is 1.88 bits per heavy atom. The van der Waals surface area contributed by atoms with Gasteiger partial charge in [0.05, 0.1) is 12.5 Å². The first kappa shape index (κ1) is 14.8. The molecule has 0 aromatic heterocycles. The zero-order chi connectivity index (χ0) is 12.9. The Morgan fingerprint density at radius 3 is 2.41 bits per heavy atom. The smallest absolute Gasteiger partial charge is 0.390 e. The maximum Gasteiger partial charge on any atom is 0.390 e. The molecule has 0 amide bonds. The summed E-state index contributed by atoms with van der Waals surface area (Å²) in [6.45, 7) is 1.75. The van der Waals surface area contributed by atoms with Crippen LogP contribution in [0, 0.1) is 5.92 Å². The molecule has 1 fully saturated rings. The van der Waals surface area contributed by atoms with E-state index in [2.05, 4.69) is 5.32 Å². The molecule has 0 radical (unpaired) electrons. The average molecular weight is 253 g/mol. The van der Waals surface area contributed by atoms with Gasteiger partial charge in [-0.3, -0.25) is 0 Å². The zero-order valence-corrected chi connectivity index (χ0v) is 10.3. The second-order valence-electron chi connectivity index (χ2n) is 5.17. The van der Waals surface area contributed by atoms with E-state index >= 15 is 0 Å². The van der Waals surface area contributed by atoms with E-state index in [-0.39, 0.29) is 6.54 Å². The summed E-state index contributed by atoms with van der Waals surface area (Å²) in [7, 11) is 0. The minimum Gasteiger partial charge on any atom is -0.392 e. The third-order valence-electron chi connectivity index (χ3n) is 3.32. The van der Waals surface area contributed by atoms with Gasteiger partial charge in [0.2, 0.25) is 0 Å². The predicted molar refractivity (Wildman–Crippen MR) is 60.7 cm³/mol. The Labute approximate surface area is 101 Å². The van der Waals surface area contributed by atoms with Crippen molar-refractivity contribution < 1.29 is 18.3 Å². The van der Waals surface area contributed by atoms with Gasteiger partial charge < -0.3 is 10.4 Å². The second kappa shape index (κ2) is 6.59. The molecular formula is C12H22F3NO. The van der Waals surface area contributed by atoms with Crippen molar-refractivity contribution in [3.63, 3.8) is 0 Å². The summed E-state index contributed by atoms with van der Waals surface area (Å²) in [5, 5.41) is 12.5. The molecule has 2 nitrogen and oxygen atoms in total. The van der Waals surface area contributed by atoms with E-state index in [1.54, 1.807) is 0 Å². The fourth-order valence-electron chi connectivity index (χ4n) is 2.47. The highest BCUT2D eigenvalue weighted by Crippen LogP contribution is 2.28. The fraction of sp³-hybridized carbons (Fsp3) is 1.00. The summed E-state index contributed by atoms with van der Waals surface area (Å²) in [6, 6.07) is -0.631. The molecule has 2 unspecified atom stereocenters. The van der Waals surface area contributed by atoms with Crippen LogP contribution in [0.15, 0.2) is 0 Å². The van der Waals surface area contributed by atoms with Crippen LogP contribution in [0.2, 0.25) is 0 Å². The summed E-state index contributed by atoms with van der Waals surface area (Å²) in [5.41, 5.74) is 0. The summed E-state index contributed by atoms with van der Waals surface area (Å²) in [6.07, 6.45) is -0.0547. The normalized spacial score (nSPS) is 21.7. The van der Waals surface area contributed by atoms with Crippen LogP contribution in [0.1, 0.15) is 45.4 Å². The number of hydrogen-bond donors (Lipinski definition) is 2. The molecule has 102 valence electrons. The van der Waals surface area contributed by atoms with Crippen LogP contribution in [0.5, 0.6) is 0 Å². The average Bonchev–Trinajstić information content (AvgIpc) is 2.64. The number of aliphatic hydroxyl groups excluding tert-OH is 1. The van der Waals surface area contributed by atoms with Gasteiger partial charge in [-0.05, 0) is 19.3 Å². The molecule has 0 heterocycles. The van der Waals surface area contributed by atoms with Crippen molar-refractivity contribution in [2.24, 2.45) is 5.92 Å². The Kier molecular flexibility index (Phi) is 5.73. The third-order valence-corrected chi connectivity index (χ3v) is 3.32. The van der Waals surface area contributed by atoms with Gasteiger partial charge in [0.15, 0.2) is 0 Å². The molecule has 1 aliphatic carbocycles. The lowest BCUT2D eigenvalue weighted by atomic mass is 10.00. The third kappa shape index (κ3) is 6.88. The van der Waals surface area contributed by atoms with Crippen molar-refractivity contribution in [2.75, 3.05) is 6.54 Å². The van der Waals surface area contributed by atoms with E-state index in [0.717, 1.165) is 12.8 Å². The largest absolute Gasteiger partial charge is 0.392 e. The molecule has 0 aromatic rings. The van der Waals surface area contributed by atoms with Gasteiger partial charge in [0, 0.05) is 12.6 Å². The highest BCUT2D eigenvalue weighted by Gasteiger charge is 2.30. The minimum absolute atomic E-state index is 0.258. The molecule has 0 spiro atoms. The van der Waals surface area contributed by atoms with Crippen molar-refractivity contribution in [1.29, 1.82) is 0 Å². The van der Waals surface area contributed by atoms with Crippen molar-refractivity contribution in [1.82, 2.24) is 5.32 Å². The number of alkyl halides is 3. The van der Waals surface area contributed by atoms with Crippen molar-refractivity contribution in [3.8, 4) is 0 Å². The lowest BCUT2D eigenvalue weighted by Crippen LogP contribution is -2.37. The molecular weight excluding hydrogens is 231 g/mol. The van der Waals surface area contributed by atoms with E-state index in [9.17, 15) is 18.3 Å².